The molecule has 0 saturated heterocycles. The van der Waals surface area contributed by atoms with Crippen LogP contribution < -0.4 is 9.64 Å². The molecule has 5 heteroatoms. The van der Waals surface area contributed by atoms with Crippen LogP contribution in [-0.2, 0) is 6.54 Å². The monoisotopic (exact) mass is 343 g/mol. The van der Waals surface area contributed by atoms with Crippen molar-refractivity contribution in [3.8, 4) is 5.75 Å². The van der Waals surface area contributed by atoms with Crippen LogP contribution in [0.25, 0.3) is 0 Å². The molecule has 0 saturated carbocycles. The number of Topliss-reactive ketones (excluding diaryl/α,β-unsaturated/α-hetero) is 2. The number of ether oxygens (including phenoxy) is 1. The van der Waals surface area contributed by atoms with Crippen LogP contribution in [0.15, 0.2) is 24.3 Å². The topological polar surface area (TPSA) is 63.6 Å². The Labute approximate surface area is 149 Å². The number of aryl methyl sites for hydroxylation is 1. The largest absolute Gasteiger partial charge is 0.494 e. The number of benzene rings is 1. The molecule has 1 atom stereocenters. The SMILES string of the molecule is CCOc1ccc(C[NH+](C)CC(=O)c2[nH]c(C)c(C(C)=O)c2C)cc1. The zero-order valence-electron chi connectivity index (χ0n) is 15.7. The van der Waals surface area contributed by atoms with Crippen molar-refractivity contribution >= 4 is 11.6 Å². The van der Waals surface area contributed by atoms with Crippen LogP contribution in [0, 0.1) is 13.8 Å². The molecule has 0 aliphatic carbocycles. The summed E-state index contributed by atoms with van der Waals surface area (Å²) in [7, 11) is 1.99. The van der Waals surface area contributed by atoms with Gasteiger partial charge in [0.1, 0.15) is 18.8 Å². The lowest BCUT2D eigenvalue weighted by Gasteiger charge is -2.13. The quantitative estimate of drug-likeness (QED) is 0.722. The second-order valence-electron chi connectivity index (χ2n) is 6.49. The van der Waals surface area contributed by atoms with Crippen molar-refractivity contribution < 1.29 is 19.2 Å². The fourth-order valence-electron chi connectivity index (χ4n) is 3.20. The third-order valence-corrected chi connectivity index (χ3v) is 4.27. The predicted molar refractivity (Wildman–Crippen MR) is 97.7 cm³/mol. The number of aromatic amines is 1. The third-order valence-electron chi connectivity index (χ3n) is 4.27. The van der Waals surface area contributed by atoms with Crippen molar-refractivity contribution in [2.45, 2.75) is 34.2 Å². The van der Waals surface area contributed by atoms with Gasteiger partial charge in [0.25, 0.3) is 0 Å². The molecule has 25 heavy (non-hydrogen) atoms. The molecule has 134 valence electrons. The molecule has 0 aliphatic rings. The van der Waals surface area contributed by atoms with Crippen molar-refractivity contribution in [2.24, 2.45) is 0 Å². The molecule has 5 nitrogen and oxygen atoms in total. The van der Waals surface area contributed by atoms with Gasteiger partial charge >= 0.3 is 0 Å². The van der Waals surface area contributed by atoms with Crippen molar-refractivity contribution in [1.82, 2.24) is 4.98 Å². The van der Waals surface area contributed by atoms with Gasteiger partial charge in [0.05, 0.1) is 19.3 Å². The first-order valence-electron chi connectivity index (χ1n) is 8.59. The van der Waals surface area contributed by atoms with Gasteiger partial charge in [-0.3, -0.25) is 9.59 Å². The van der Waals surface area contributed by atoms with Gasteiger partial charge in [0.2, 0.25) is 5.78 Å². The number of rotatable bonds is 8. The third kappa shape index (κ3) is 4.57. The summed E-state index contributed by atoms with van der Waals surface area (Å²) in [4.78, 5) is 28.5. The Morgan fingerprint density at radius 3 is 2.32 bits per heavy atom. The summed E-state index contributed by atoms with van der Waals surface area (Å²) in [5.74, 6) is 0.867. The Bertz CT molecular complexity index is 760. The van der Waals surface area contributed by atoms with E-state index in [0.29, 0.717) is 24.4 Å². The molecule has 1 aromatic heterocycles. The first-order chi connectivity index (χ1) is 11.8. The van der Waals surface area contributed by atoms with Crippen molar-refractivity contribution in [2.75, 3.05) is 20.2 Å². The highest BCUT2D eigenvalue weighted by Crippen LogP contribution is 2.18. The molecule has 1 aromatic carbocycles. The molecule has 1 unspecified atom stereocenters. The summed E-state index contributed by atoms with van der Waals surface area (Å²) in [6.07, 6.45) is 0. The number of likely N-dealkylation sites (N-methyl/N-ethyl adjacent to an activating group) is 1. The van der Waals surface area contributed by atoms with Crippen LogP contribution in [0.5, 0.6) is 5.75 Å². The minimum Gasteiger partial charge on any atom is -0.494 e. The van der Waals surface area contributed by atoms with E-state index in [2.05, 4.69) is 4.98 Å². The lowest BCUT2D eigenvalue weighted by molar-refractivity contribution is -0.884. The van der Waals surface area contributed by atoms with Crippen LogP contribution in [0.1, 0.15) is 51.5 Å². The Kier molecular flexibility index (Phi) is 6.15. The van der Waals surface area contributed by atoms with E-state index in [1.165, 1.54) is 6.92 Å². The van der Waals surface area contributed by atoms with E-state index in [-0.39, 0.29) is 11.6 Å². The van der Waals surface area contributed by atoms with Crippen LogP contribution in [0.3, 0.4) is 0 Å². The average Bonchev–Trinajstić information content (AvgIpc) is 2.84. The number of carbonyl (C=O) groups excluding carboxylic acids is 2. The van der Waals surface area contributed by atoms with Gasteiger partial charge < -0.3 is 14.6 Å². The molecule has 0 amide bonds. The molecule has 2 N–H and O–H groups in total. The molecule has 0 aliphatic heterocycles. The molecule has 0 spiro atoms. The number of quaternary nitrogens is 1. The average molecular weight is 343 g/mol. The fourth-order valence-corrected chi connectivity index (χ4v) is 3.20. The zero-order valence-corrected chi connectivity index (χ0v) is 15.7. The highest BCUT2D eigenvalue weighted by Gasteiger charge is 2.22. The normalized spacial score (nSPS) is 12.0. The molecular weight excluding hydrogens is 316 g/mol. The summed E-state index contributed by atoms with van der Waals surface area (Å²) < 4.78 is 5.44. The number of nitrogens with one attached hydrogen (secondary N) is 2. The van der Waals surface area contributed by atoms with Gasteiger partial charge in [-0.25, -0.2) is 0 Å². The summed E-state index contributed by atoms with van der Waals surface area (Å²) in [5, 5.41) is 0. The number of H-pyrrole nitrogens is 1. The second-order valence-corrected chi connectivity index (χ2v) is 6.49. The van der Waals surface area contributed by atoms with Gasteiger partial charge in [-0.15, -0.1) is 0 Å². The Morgan fingerprint density at radius 2 is 1.80 bits per heavy atom. The molecule has 0 bridgehead atoms. The molecule has 2 rings (SSSR count). The van der Waals surface area contributed by atoms with Crippen LogP contribution in [0.2, 0.25) is 0 Å². The highest BCUT2D eigenvalue weighted by atomic mass is 16.5. The summed E-state index contributed by atoms with van der Waals surface area (Å²) in [5.41, 5.74) is 3.85. The van der Waals surface area contributed by atoms with Gasteiger partial charge in [-0.05, 0) is 57.5 Å². The highest BCUT2D eigenvalue weighted by molar-refractivity contribution is 6.03. The van der Waals surface area contributed by atoms with Crippen LogP contribution >= 0.6 is 0 Å². The minimum atomic E-state index is -0.0135. The van der Waals surface area contributed by atoms with Crippen molar-refractivity contribution in [3.05, 3.63) is 52.3 Å². The Morgan fingerprint density at radius 1 is 1.16 bits per heavy atom. The first kappa shape index (κ1) is 18.9. The summed E-state index contributed by atoms with van der Waals surface area (Å²) in [6, 6.07) is 7.95. The van der Waals surface area contributed by atoms with E-state index in [9.17, 15) is 9.59 Å². The molecule has 2 aromatic rings. The van der Waals surface area contributed by atoms with E-state index < -0.39 is 0 Å². The maximum absolute atomic E-state index is 12.6. The number of aromatic nitrogens is 1. The molecular formula is C20H27N2O3+. The maximum Gasteiger partial charge on any atom is 0.233 e. The van der Waals surface area contributed by atoms with E-state index in [4.69, 9.17) is 4.74 Å². The molecule has 0 radical (unpaired) electrons. The van der Waals surface area contributed by atoms with Gasteiger partial charge in [0, 0.05) is 16.8 Å². The lowest BCUT2D eigenvalue weighted by Crippen LogP contribution is -3.08. The van der Waals surface area contributed by atoms with E-state index in [1.807, 2.05) is 52.1 Å². The van der Waals surface area contributed by atoms with Crippen molar-refractivity contribution in [3.63, 3.8) is 0 Å². The lowest BCUT2D eigenvalue weighted by atomic mass is 10.1. The summed E-state index contributed by atoms with van der Waals surface area (Å²) in [6.45, 7) is 8.91. The molecule has 0 fully saturated rings. The zero-order chi connectivity index (χ0) is 18.6. The second kappa shape index (κ2) is 8.12. The van der Waals surface area contributed by atoms with Gasteiger partial charge in [0.15, 0.2) is 5.78 Å². The fraction of sp³-hybridized carbons (Fsp3) is 0.400. The molecule has 1 heterocycles. The standard InChI is InChI=1S/C20H26N2O3/c1-6-25-17-9-7-16(8-10-17)11-22(5)12-18(24)20-13(2)19(15(4)23)14(3)21-20/h7-10,21H,6,11-12H2,1-5H3/p+1. The van der Waals surface area contributed by atoms with Gasteiger partial charge in [-0.1, -0.05) is 0 Å². The van der Waals surface area contributed by atoms with Gasteiger partial charge in [-0.2, -0.15) is 0 Å². The Hall–Kier alpha value is -2.40. The van der Waals surface area contributed by atoms with E-state index in [1.54, 1.807) is 0 Å². The van der Waals surface area contributed by atoms with Crippen molar-refractivity contribution in [1.29, 1.82) is 0 Å². The number of ketones is 2. The Balaban J connectivity index is 2.03. The predicted octanol–water partition coefficient (Wildman–Crippen LogP) is 2.13. The maximum atomic E-state index is 12.6. The van der Waals surface area contributed by atoms with E-state index >= 15 is 0 Å². The number of hydrogen-bond acceptors (Lipinski definition) is 3. The first-order valence-corrected chi connectivity index (χ1v) is 8.59. The summed E-state index contributed by atoms with van der Waals surface area (Å²) >= 11 is 0. The van der Waals surface area contributed by atoms with E-state index in [0.717, 1.165) is 34.0 Å². The number of hydrogen-bond donors (Lipinski definition) is 2. The smallest absolute Gasteiger partial charge is 0.233 e. The van der Waals surface area contributed by atoms with Crippen LogP contribution in [0.4, 0.5) is 0 Å². The minimum absolute atomic E-state index is 0.0135. The number of carbonyl (C=O) groups is 2. The van der Waals surface area contributed by atoms with Crippen LogP contribution in [-0.4, -0.2) is 36.7 Å².